The van der Waals surface area contributed by atoms with Gasteiger partial charge in [-0.25, -0.2) is 9.50 Å². The number of nitrogens with one attached hydrogen (secondary N) is 1. The van der Waals surface area contributed by atoms with Gasteiger partial charge < -0.3 is 9.64 Å². The molecule has 0 radical (unpaired) electrons. The number of aromatic nitrogens is 5. The van der Waals surface area contributed by atoms with Crippen LogP contribution in [0.1, 0.15) is 44.7 Å². The highest BCUT2D eigenvalue weighted by atomic mass is 16.5. The highest BCUT2D eigenvalue weighted by Crippen LogP contribution is 2.40. The van der Waals surface area contributed by atoms with Crippen molar-refractivity contribution in [3.8, 4) is 11.3 Å². The summed E-state index contributed by atoms with van der Waals surface area (Å²) >= 11 is 0. The van der Waals surface area contributed by atoms with Crippen molar-refractivity contribution in [2.24, 2.45) is 5.41 Å². The minimum absolute atomic E-state index is 0.364. The van der Waals surface area contributed by atoms with E-state index in [4.69, 9.17) is 9.84 Å². The van der Waals surface area contributed by atoms with Gasteiger partial charge in [-0.05, 0) is 54.9 Å². The van der Waals surface area contributed by atoms with Gasteiger partial charge in [-0.1, -0.05) is 19.9 Å². The molecule has 0 aliphatic carbocycles. The Morgan fingerprint density at radius 2 is 1.97 bits per heavy atom. The average molecular weight is 417 g/mol. The number of aromatic amines is 1. The molecule has 0 saturated carbocycles. The third-order valence-electron chi connectivity index (χ3n) is 7.12. The molecule has 160 valence electrons. The molecule has 4 aromatic rings. The number of piperidine rings is 1. The van der Waals surface area contributed by atoms with Gasteiger partial charge in [0.2, 0.25) is 0 Å². The number of anilines is 1. The fourth-order valence-corrected chi connectivity index (χ4v) is 5.12. The Hall–Kier alpha value is -2.93. The number of nitrogens with zero attached hydrogens (tertiary/aromatic N) is 5. The molecule has 0 bridgehead atoms. The van der Waals surface area contributed by atoms with Gasteiger partial charge in [-0.3, -0.25) is 5.10 Å². The van der Waals surface area contributed by atoms with Gasteiger partial charge >= 0.3 is 0 Å². The molecule has 1 spiro atoms. The van der Waals surface area contributed by atoms with Crippen LogP contribution in [0.3, 0.4) is 0 Å². The molecule has 0 unspecified atom stereocenters. The van der Waals surface area contributed by atoms with Crippen molar-refractivity contribution in [3.05, 3.63) is 42.2 Å². The van der Waals surface area contributed by atoms with Crippen LogP contribution >= 0.6 is 0 Å². The molecular weight excluding hydrogens is 388 g/mol. The second-order valence-electron chi connectivity index (χ2n) is 9.42. The van der Waals surface area contributed by atoms with Crippen molar-refractivity contribution in [2.75, 3.05) is 31.2 Å². The van der Waals surface area contributed by atoms with E-state index in [0.717, 1.165) is 60.2 Å². The monoisotopic (exact) mass is 416 g/mol. The lowest BCUT2D eigenvalue weighted by Crippen LogP contribution is -2.41. The summed E-state index contributed by atoms with van der Waals surface area (Å²) in [5, 5.41) is 13.8. The minimum atomic E-state index is 0.364. The second-order valence-corrected chi connectivity index (χ2v) is 9.42. The van der Waals surface area contributed by atoms with E-state index in [9.17, 15) is 0 Å². The van der Waals surface area contributed by atoms with Gasteiger partial charge in [0.15, 0.2) is 5.65 Å². The number of imidazole rings is 1. The molecule has 1 N–H and O–H groups in total. The van der Waals surface area contributed by atoms with E-state index in [1.54, 1.807) is 0 Å². The van der Waals surface area contributed by atoms with E-state index in [2.05, 4.69) is 64.3 Å². The summed E-state index contributed by atoms with van der Waals surface area (Å²) in [6, 6.07) is 10.6. The van der Waals surface area contributed by atoms with Gasteiger partial charge in [-0.2, -0.15) is 5.10 Å². The van der Waals surface area contributed by atoms with E-state index < -0.39 is 0 Å². The van der Waals surface area contributed by atoms with Crippen molar-refractivity contribution in [3.63, 3.8) is 0 Å². The van der Waals surface area contributed by atoms with Crippen molar-refractivity contribution in [2.45, 2.75) is 39.0 Å². The zero-order chi connectivity index (χ0) is 21.0. The number of hydrogen-bond acceptors (Lipinski definition) is 5. The maximum atomic E-state index is 5.69. The standard InChI is InChI=1S/C24H28N6O/c1-16(2)23-18-13-17(3-4-19(18)26-27-23)20-14-25-21-5-6-22(28-30(20)21)29-10-7-24(8-11-29)9-12-31-15-24/h3-6,13-14,16H,7-12,15H2,1-2H3,(H,26,27). The van der Waals surface area contributed by atoms with E-state index in [0.29, 0.717) is 11.3 Å². The van der Waals surface area contributed by atoms with Crippen LogP contribution in [0.25, 0.3) is 27.8 Å². The fraction of sp³-hybridized carbons (Fsp3) is 0.458. The van der Waals surface area contributed by atoms with Crippen LogP contribution in [0.15, 0.2) is 36.5 Å². The number of fused-ring (bicyclic) bond motifs is 2. The SMILES string of the molecule is CC(C)c1n[nH]c2ccc(-c3cnc4ccc(N5CCC6(CCOC6)CC5)nn34)cc12. The molecule has 2 saturated heterocycles. The molecule has 6 rings (SSSR count). The van der Waals surface area contributed by atoms with Crippen molar-refractivity contribution < 1.29 is 4.74 Å². The Morgan fingerprint density at radius 1 is 1.10 bits per heavy atom. The zero-order valence-corrected chi connectivity index (χ0v) is 18.1. The molecule has 7 heteroatoms. The number of H-pyrrole nitrogens is 1. The van der Waals surface area contributed by atoms with Crippen LogP contribution in [-0.2, 0) is 4.74 Å². The molecule has 7 nitrogen and oxygen atoms in total. The van der Waals surface area contributed by atoms with Crippen molar-refractivity contribution in [1.29, 1.82) is 0 Å². The van der Waals surface area contributed by atoms with Crippen LogP contribution in [-0.4, -0.2) is 51.1 Å². The summed E-state index contributed by atoms with van der Waals surface area (Å²) in [5.41, 5.74) is 5.54. The molecule has 2 aliphatic rings. The molecular formula is C24H28N6O. The van der Waals surface area contributed by atoms with Crippen LogP contribution in [0.4, 0.5) is 5.82 Å². The Kier molecular flexibility index (Phi) is 4.28. The molecule has 0 amide bonds. The largest absolute Gasteiger partial charge is 0.381 e. The maximum absolute atomic E-state index is 5.69. The number of benzene rings is 1. The number of ether oxygens (including phenoxy) is 1. The highest BCUT2D eigenvalue weighted by molar-refractivity contribution is 5.86. The van der Waals surface area contributed by atoms with Gasteiger partial charge in [0, 0.05) is 30.6 Å². The molecule has 0 atom stereocenters. The first kappa shape index (κ1) is 18.8. The van der Waals surface area contributed by atoms with Crippen molar-refractivity contribution >= 4 is 22.4 Å². The summed E-state index contributed by atoms with van der Waals surface area (Å²) < 4.78 is 7.67. The van der Waals surface area contributed by atoms with E-state index in [1.165, 1.54) is 24.6 Å². The first-order valence-electron chi connectivity index (χ1n) is 11.3. The molecule has 5 heterocycles. The summed E-state index contributed by atoms with van der Waals surface area (Å²) in [4.78, 5) is 7.01. The van der Waals surface area contributed by atoms with Crippen LogP contribution in [0, 0.1) is 5.41 Å². The van der Waals surface area contributed by atoms with Crippen LogP contribution < -0.4 is 4.90 Å². The van der Waals surface area contributed by atoms with Gasteiger partial charge in [-0.15, -0.1) is 5.10 Å². The minimum Gasteiger partial charge on any atom is -0.381 e. The lowest BCUT2D eigenvalue weighted by atomic mass is 9.78. The molecule has 2 fully saturated rings. The van der Waals surface area contributed by atoms with Gasteiger partial charge in [0.1, 0.15) is 5.82 Å². The smallest absolute Gasteiger partial charge is 0.154 e. The highest BCUT2D eigenvalue weighted by Gasteiger charge is 2.38. The third kappa shape index (κ3) is 3.10. The quantitative estimate of drug-likeness (QED) is 0.536. The normalized spacial score (nSPS) is 18.7. The Labute approximate surface area is 181 Å². The topological polar surface area (TPSA) is 71.3 Å². The van der Waals surface area contributed by atoms with Crippen LogP contribution in [0.5, 0.6) is 0 Å². The predicted molar refractivity (Wildman–Crippen MR) is 121 cm³/mol. The third-order valence-corrected chi connectivity index (χ3v) is 7.12. The Balaban J connectivity index is 1.35. The second kappa shape index (κ2) is 7.05. The number of hydrogen-bond donors (Lipinski definition) is 1. The van der Waals surface area contributed by atoms with Gasteiger partial charge in [0.05, 0.1) is 29.7 Å². The van der Waals surface area contributed by atoms with E-state index in [1.807, 2.05) is 10.7 Å². The predicted octanol–water partition coefficient (Wildman–Crippen LogP) is 4.40. The molecule has 3 aromatic heterocycles. The zero-order valence-electron chi connectivity index (χ0n) is 18.1. The molecule has 2 aliphatic heterocycles. The Morgan fingerprint density at radius 3 is 2.74 bits per heavy atom. The lowest BCUT2D eigenvalue weighted by molar-refractivity contribution is 0.133. The first-order valence-corrected chi connectivity index (χ1v) is 11.3. The van der Waals surface area contributed by atoms with E-state index in [-0.39, 0.29) is 0 Å². The van der Waals surface area contributed by atoms with Crippen molar-refractivity contribution in [1.82, 2.24) is 24.8 Å². The summed E-state index contributed by atoms with van der Waals surface area (Å²) in [6.45, 7) is 8.25. The van der Waals surface area contributed by atoms with Crippen LogP contribution in [0.2, 0.25) is 0 Å². The maximum Gasteiger partial charge on any atom is 0.154 e. The number of rotatable bonds is 3. The van der Waals surface area contributed by atoms with Gasteiger partial charge in [0.25, 0.3) is 0 Å². The lowest BCUT2D eigenvalue weighted by Gasteiger charge is -2.38. The summed E-state index contributed by atoms with van der Waals surface area (Å²) in [5.74, 6) is 1.39. The summed E-state index contributed by atoms with van der Waals surface area (Å²) in [7, 11) is 0. The molecule has 1 aromatic carbocycles. The first-order chi connectivity index (χ1) is 15.1. The van der Waals surface area contributed by atoms with E-state index >= 15 is 0 Å². The molecule has 31 heavy (non-hydrogen) atoms. The average Bonchev–Trinajstić information content (AvgIpc) is 3.51. The fourth-order valence-electron chi connectivity index (χ4n) is 5.12. The Bertz CT molecular complexity index is 1240. The summed E-state index contributed by atoms with van der Waals surface area (Å²) in [6.07, 6.45) is 5.48.